The van der Waals surface area contributed by atoms with Gasteiger partial charge in [-0.05, 0) is 19.8 Å². The van der Waals surface area contributed by atoms with E-state index in [1.165, 1.54) is 4.90 Å². The summed E-state index contributed by atoms with van der Waals surface area (Å²) < 4.78 is 0. The third-order valence-electron chi connectivity index (χ3n) is 3.29. The minimum Gasteiger partial charge on any atom is -0.480 e. The molecule has 108 valence electrons. The number of piperidine rings is 1. The molecule has 7 heteroatoms. The van der Waals surface area contributed by atoms with Crippen LogP contribution >= 0.6 is 0 Å². The van der Waals surface area contributed by atoms with Gasteiger partial charge in [0.15, 0.2) is 0 Å². The Bertz CT molecular complexity index is 359. The molecule has 0 bridgehead atoms. The first-order valence-corrected chi connectivity index (χ1v) is 6.46. The van der Waals surface area contributed by atoms with Gasteiger partial charge in [-0.2, -0.15) is 0 Å². The van der Waals surface area contributed by atoms with Crippen LogP contribution in [0.25, 0.3) is 0 Å². The standard InChI is InChI=1S/C12H21N3O4/c1-3-14(8-10(16)17)12(19)15-6-4-5-9(7-15)11(18)13-2/h9H,3-8H2,1-2H3,(H,13,18)(H,16,17). The lowest BCUT2D eigenvalue weighted by Gasteiger charge is -2.35. The molecule has 1 aliphatic heterocycles. The minimum absolute atomic E-state index is 0.0706. The molecule has 0 saturated carbocycles. The van der Waals surface area contributed by atoms with Gasteiger partial charge in [-0.3, -0.25) is 9.59 Å². The molecule has 1 rings (SSSR count). The average molecular weight is 271 g/mol. The lowest BCUT2D eigenvalue weighted by Crippen LogP contribution is -2.51. The van der Waals surface area contributed by atoms with Crippen LogP contribution in [0.4, 0.5) is 4.79 Å². The number of likely N-dealkylation sites (tertiary alicyclic amines) is 1. The van der Waals surface area contributed by atoms with Crippen molar-refractivity contribution in [2.45, 2.75) is 19.8 Å². The summed E-state index contributed by atoms with van der Waals surface area (Å²) in [6, 6.07) is -0.307. The second kappa shape index (κ2) is 6.96. The van der Waals surface area contributed by atoms with Crippen LogP contribution in [0.2, 0.25) is 0 Å². The van der Waals surface area contributed by atoms with E-state index in [-0.39, 0.29) is 24.4 Å². The number of carbonyl (C=O) groups excluding carboxylic acids is 2. The highest BCUT2D eigenvalue weighted by atomic mass is 16.4. The molecule has 1 atom stereocenters. The molecule has 1 unspecified atom stereocenters. The molecule has 1 saturated heterocycles. The quantitative estimate of drug-likeness (QED) is 0.751. The summed E-state index contributed by atoms with van der Waals surface area (Å²) in [6.45, 7) is 2.70. The molecule has 19 heavy (non-hydrogen) atoms. The van der Waals surface area contributed by atoms with Crippen molar-refractivity contribution in [2.24, 2.45) is 5.92 Å². The second-order valence-corrected chi connectivity index (χ2v) is 4.59. The van der Waals surface area contributed by atoms with E-state index in [4.69, 9.17) is 5.11 Å². The van der Waals surface area contributed by atoms with Gasteiger partial charge in [0.2, 0.25) is 5.91 Å². The third kappa shape index (κ3) is 4.11. The van der Waals surface area contributed by atoms with E-state index in [1.807, 2.05) is 0 Å². The van der Waals surface area contributed by atoms with Gasteiger partial charge in [-0.25, -0.2) is 4.79 Å². The molecule has 0 spiro atoms. The zero-order chi connectivity index (χ0) is 14.4. The Morgan fingerprint density at radius 3 is 2.63 bits per heavy atom. The Labute approximate surface area is 112 Å². The summed E-state index contributed by atoms with van der Waals surface area (Å²) in [6.07, 6.45) is 1.52. The number of aliphatic carboxylic acids is 1. The van der Waals surface area contributed by atoms with Crippen molar-refractivity contribution in [3.63, 3.8) is 0 Å². The topological polar surface area (TPSA) is 90.0 Å². The van der Waals surface area contributed by atoms with Crippen molar-refractivity contribution < 1.29 is 19.5 Å². The number of likely N-dealkylation sites (N-methyl/N-ethyl adjacent to an activating group) is 1. The van der Waals surface area contributed by atoms with Gasteiger partial charge in [0.1, 0.15) is 6.54 Å². The van der Waals surface area contributed by atoms with Crippen LogP contribution in [-0.4, -0.2) is 66.0 Å². The van der Waals surface area contributed by atoms with Crippen LogP contribution in [-0.2, 0) is 9.59 Å². The minimum atomic E-state index is -1.03. The molecule has 0 aliphatic carbocycles. The van der Waals surface area contributed by atoms with Crippen molar-refractivity contribution in [3.8, 4) is 0 Å². The molecule has 0 aromatic rings. The Hall–Kier alpha value is -1.79. The molecule has 0 radical (unpaired) electrons. The summed E-state index contributed by atoms with van der Waals surface area (Å²) >= 11 is 0. The van der Waals surface area contributed by atoms with Crippen LogP contribution < -0.4 is 5.32 Å². The summed E-state index contributed by atoms with van der Waals surface area (Å²) in [5, 5.41) is 11.3. The number of hydrogen-bond acceptors (Lipinski definition) is 3. The van der Waals surface area contributed by atoms with Crippen LogP contribution in [0, 0.1) is 5.92 Å². The summed E-state index contributed by atoms with van der Waals surface area (Å²) in [7, 11) is 1.58. The van der Waals surface area contributed by atoms with Crippen LogP contribution in [0.15, 0.2) is 0 Å². The van der Waals surface area contributed by atoms with Gasteiger partial charge < -0.3 is 20.2 Å². The fraction of sp³-hybridized carbons (Fsp3) is 0.750. The number of urea groups is 1. The molecular formula is C12H21N3O4. The number of nitrogens with one attached hydrogen (secondary N) is 1. The van der Waals surface area contributed by atoms with Crippen LogP contribution in [0.5, 0.6) is 0 Å². The van der Waals surface area contributed by atoms with Gasteiger partial charge in [-0.15, -0.1) is 0 Å². The van der Waals surface area contributed by atoms with Crippen molar-refractivity contribution in [2.75, 3.05) is 33.2 Å². The van der Waals surface area contributed by atoms with E-state index >= 15 is 0 Å². The summed E-state index contributed by atoms with van der Waals surface area (Å²) in [5.41, 5.74) is 0. The van der Waals surface area contributed by atoms with E-state index in [2.05, 4.69) is 5.32 Å². The molecule has 1 fully saturated rings. The Kier molecular flexibility index (Phi) is 5.59. The predicted octanol–water partition coefficient (Wildman–Crippen LogP) is -0.0291. The monoisotopic (exact) mass is 271 g/mol. The first-order valence-electron chi connectivity index (χ1n) is 6.46. The molecule has 1 heterocycles. The normalized spacial score (nSPS) is 18.8. The molecule has 0 aromatic carbocycles. The predicted molar refractivity (Wildman–Crippen MR) is 68.6 cm³/mol. The zero-order valence-corrected chi connectivity index (χ0v) is 11.4. The smallest absolute Gasteiger partial charge is 0.323 e. The number of carboxylic acids is 1. The van der Waals surface area contributed by atoms with Gasteiger partial charge >= 0.3 is 12.0 Å². The van der Waals surface area contributed by atoms with E-state index in [9.17, 15) is 14.4 Å². The molecule has 2 N–H and O–H groups in total. The van der Waals surface area contributed by atoms with Gasteiger partial charge in [0.25, 0.3) is 0 Å². The lowest BCUT2D eigenvalue weighted by molar-refractivity contribution is -0.138. The largest absolute Gasteiger partial charge is 0.480 e. The van der Waals surface area contributed by atoms with Gasteiger partial charge in [0.05, 0.1) is 5.92 Å². The number of carbonyl (C=O) groups is 3. The Morgan fingerprint density at radius 1 is 1.42 bits per heavy atom. The number of carboxylic acid groups (broad SMARTS) is 1. The average Bonchev–Trinajstić information content (AvgIpc) is 2.43. The maximum atomic E-state index is 12.2. The molecule has 0 aromatic heterocycles. The van der Waals surface area contributed by atoms with Crippen molar-refractivity contribution in [3.05, 3.63) is 0 Å². The number of hydrogen-bond donors (Lipinski definition) is 2. The summed E-state index contributed by atoms with van der Waals surface area (Å²) in [5.74, 6) is -1.31. The first-order chi connectivity index (χ1) is 8.99. The van der Waals surface area contributed by atoms with E-state index in [0.717, 1.165) is 12.8 Å². The van der Waals surface area contributed by atoms with Crippen LogP contribution in [0.3, 0.4) is 0 Å². The van der Waals surface area contributed by atoms with Crippen molar-refractivity contribution >= 4 is 17.9 Å². The Balaban J connectivity index is 2.64. The number of rotatable bonds is 4. The van der Waals surface area contributed by atoms with Crippen molar-refractivity contribution in [1.82, 2.24) is 15.1 Å². The van der Waals surface area contributed by atoms with E-state index in [0.29, 0.717) is 19.6 Å². The third-order valence-corrected chi connectivity index (χ3v) is 3.29. The highest BCUT2D eigenvalue weighted by Gasteiger charge is 2.30. The molecular weight excluding hydrogens is 250 g/mol. The molecule has 7 nitrogen and oxygen atoms in total. The maximum Gasteiger partial charge on any atom is 0.323 e. The van der Waals surface area contributed by atoms with Crippen molar-refractivity contribution in [1.29, 1.82) is 0 Å². The molecule has 1 aliphatic rings. The maximum absolute atomic E-state index is 12.2. The van der Waals surface area contributed by atoms with E-state index in [1.54, 1.807) is 18.9 Å². The zero-order valence-electron chi connectivity index (χ0n) is 11.4. The van der Waals surface area contributed by atoms with Gasteiger partial charge in [-0.1, -0.05) is 0 Å². The molecule has 3 amide bonds. The van der Waals surface area contributed by atoms with Crippen LogP contribution in [0.1, 0.15) is 19.8 Å². The number of nitrogens with zero attached hydrogens (tertiary/aromatic N) is 2. The first kappa shape index (κ1) is 15.3. The lowest BCUT2D eigenvalue weighted by atomic mass is 9.97. The second-order valence-electron chi connectivity index (χ2n) is 4.59. The fourth-order valence-corrected chi connectivity index (χ4v) is 2.25. The SMILES string of the molecule is CCN(CC(=O)O)C(=O)N1CCCC(C(=O)NC)C1. The fourth-order valence-electron chi connectivity index (χ4n) is 2.25. The Morgan fingerprint density at radius 2 is 2.11 bits per heavy atom. The van der Waals surface area contributed by atoms with E-state index < -0.39 is 5.97 Å². The number of amides is 3. The highest BCUT2D eigenvalue weighted by Crippen LogP contribution is 2.17. The summed E-state index contributed by atoms with van der Waals surface area (Å²) in [4.78, 5) is 37.3. The highest BCUT2D eigenvalue weighted by molar-refractivity contribution is 5.82. The van der Waals surface area contributed by atoms with Gasteiger partial charge in [0, 0.05) is 26.7 Å².